The van der Waals surface area contributed by atoms with Gasteiger partial charge in [-0.15, -0.1) is 0 Å². The van der Waals surface area contributed by atoms with E-state index in [-0.39, 0.29) is 5.91 Å². The van der Waals surface area contributed by atoms with Crippen LogP contribution in [0.2, 0.25) is 0 Å². The largest absolute Gasteiger partial charge is 0.336 e. The molecule has 0 saturated heterocycles. The number of carbonyl (C=O) groups excluding carboxylic acids is 1. The molecular formula is C14H13N3OS. The van der Waals surface area contributed by atoms with Crippen LogP contribution in [-0.4, -0.2) is 28.1 Å². The summed E-state index contributed by atoms with van der Waals surface area (Å²) in [6.07, 6.45) is 0. The van der Waals surface area contributed by atoms with E-state index in [1.165, 1.54) is 0 Å². The van der Waals surface area contributed by atoms with Crippen molar-refractivity contribution in [3.8, 4) is 0 Å². The lowest BCUT2D eigenvalue weighted by atomic mass is 10.2. The Morgan fingerprint density at radius 3 is 3.00 bits per heavy atom. The van der Waals surface area contributed by atoms with Gasteiger partial charge in [0.2, 0.25) is 0 Å². The van der Waals surface area contributed by atoms with E-state index < -0.39 is 0 Å². The van der Waals surface area contributed by atoms with Crippen molar-refractivity contribution < 1.29 is 4.79 Å². The van der Waals surface area contributed by atoms with E-state index in [4.69, 9.17) is 0 Å². The molecule has 2 aromatic heterocycles. The van der Waals surface area contributed by atoms with Gasteiger partial charge in [0.15, 0.2) is 5.69 Å². The zero-order valence-electron chi connectivity index (χ0n) is 10.5. The Morgan fingerprint density at radius 2 is 2.21 bits per heavy atom. The second-order valence-electron chi connectivity index (χ2n) is 4.41. The smallest absolute Gasteiger partial charge is 0.275 e. The van der Waals surface area contributed by atoms with E-state index in [9.17, 15) is 4.79 Å². The van der Waals surface area contributed by atoms with Gasteiger partial charge >= 0.3 is 0 Å². The van der Waals surface area contributed by atoms with E-state index >= 15 is 0 Å². The van der Waals surface area contributed by atoms with Gasteiger partial charge in [-0.05, 0) is 28.5 Å². The zero-order chi connectivity index (χ0) is 13.2. The molecule has 0 aliphatic heterocycles. The third-order valence-corrected chi connectivity index (χ3v) is 3.75. The molecule has 19 heavy (non-hydrogen) atoms. The Morgan fingerprint density at radius 1 is 1.37 bits per heavy atom. The summed E-state index contributed by atoms with van der Waals surface area (Å²) >= 11 is 1.63. The molecule has 0 aliphatic rings. The van der Waals surface area contributed by atoms with Gasteiger partial charge in [-0.3, -0.25) is 9.89 Å². The topological polar surface area (TPSA) is 49.0 Å². The number of aromatic amines is 1. The lowest BCUT2D eigenvalue weighted by molar-refractivity contribution is 0.0781. The average Bonchev–Trinajstić information content (AvgIpc) is 3.06. The van der Waals surface area contributed by atoms with Gasteiger partial charge < -0.3 is 4.90 Å². The molecular weight excluding hydrogens is 258 g/mol. The van der Waals surface area contributed by atoms with E-state index in [1.807, 2.05) is 41.1 Å². The molecule has 4 nitrogen and oxygen atoms in total. The number of amides is 1. The number of para-hydroxylation sites is 1. The molecule has 0 unspecified atom stereocenters. The van der Waals surface area contributed by atoms with Gasteiger partial charge in [-0.2, -0.15) is 16.4 Å². The average molecular weight is 271 g/mol. The zero-order valence-corrected chi connectivity index (χ0v) is 11.3. The van der Waals surface area contributed by atoms with Crippen LogP contribution in [0.1, 0.15) is 16.1 Å². The van der Waals surface area contributed by atoms with Gasteiger partial charge in [0.25, 0.3) is 5.91 Å². The summed E-state index contributed by atoms with van der Waals surface area (Å²) < 4.78 is 0. The first kappa shape index (κ1) is 11.9. The molecule has 96 valence electrons. The van der Waals surface area contributed by atoms with Crippen LogP contribution in [0.3, 0.4) is 0 Å². The minimum absolute atomic E-state index is 0.0661. The molecule has 1 N–H and O–H groups in total. The lowest BCUT2D eigenvalue weighted by Gasteiger charge is -2.15. The van der Waals surface area contributed by atoms with Gasteiger partial charge in [0.1, 0.15) is 0 Å². The van der Waals surface area contributed by atoms with Crippen molar-refractivity contribution >= 4 is 28.1 Å². The molecule has 1 aromatic carbocycles. The second-order valence-corrected chi connectivity index (χ2v) is 5.19. The fourth-order valence-corrected chi connectivity index (χ4v) is 2.70. The van der Waals surface area contributed by atoms with Crippen molar-refractivity contribution in [2.24, 2.45) is 0 Å². The summed E-state index contributed by atoms with van der Waals surface area (Å²) in [4.78, 5) is 14.1. The molecule has 0 bridgehead atoms. The fourth-order valence-electron chi connectivity index (χ4n) is 2.04. The number of rotatable bonds is 3. The Kier molecular flexibility index (Phi) is 3.05. The Labute approximate surface area is 114 Å². The molecule has 0 atom stereocenters. The SMILES string of the molecule is CN(Cc1ccsc1)C(=O)c1n[nH]c2ccccc12. The first-order valence-corrected chi connectivity index (χ1v) is 6.89. The molecule has 0 spiro atoms. The van der Waals surface area contributed by atoms with Crippen LogP contribution in [0.4, 0.5) is 0 Å². The highest BCUT2D eigenvalue weighted by Crippen LogP contribution is 2.17. The lowest BCUT2D eigenvalue weighted by Crippen LogP contribution is -2.26. The van der Waals surface area contributed by atoms with Crippen LogP contribution in [0, 0.1) is 0 Å². The van der Waals surface area contributed by atoms with Crippen LogP contribution in [-0.2, 0) is 6.54 Å². The molecule has 1 amide bonds. The Hall–Kier alpha value is -2.14. The number of aromatic nitrogens is 2. The summed E-state index contributed by atoms with van der Waals surface area (Å²) in [5, 5.41) is 11.9. The number of carbonyl (C=O) groups is 1. The second kappa shape index (κ2) is 4.85. The summed E-state index contributed by atoms with van der Waals surface area (Å²) in [5.41, 5.74) is 2.50. The monoisotopic (exact) mass is 271 g/mol. The van der Waals surface area contributed by atoms with Crippen molar-refractivity contribution in [3.63, 3.8) is 0 Å². The molecule has 0 fully saturated rings. The molecule has 5 heteroatoms. The van der Waals surface area contributed by atoms with Crippen LogP contribution in [0.5, 0.6) is 0 Å². The van der Waals surface area contributed by atoms with Crippen molar-refractivity contribution in [3.05, 3.63) is 52.3 Å². The summed E-state index contributed by atoms with van der Waals surface area (Å²) in [6.45, 7) is 0.601. The van der Waals surface area contributed by atoms with Crippen molar-refractivity contribution in [2.45, 2.75) is 6.54 Å². The minimum Gasteiger partial charge on any atom is -0.336 e. The van der Waals surface area contributed by atoms with Crippen molar-refractivity contribution in [1.82, 2.24) is 15.1 Å². The summed E-state index contributed by atoms with van der Waals surface area (Å²) in [5.74, 6) is -0.0661. The molecule has 0 saturated carbocycles. The number of hydrogen-bond donors (Lipinski definition) is 1. The first-order valence-electron chi connectivity index (χ1n) is 5.95. The van der Waals surface area contributed by atoms with Crippen molar-refractivity contribution in [1.29, 1.82) is 0 Å². The normalized spacial score (nSPS) is 10.8. The maximum Gasteiger partial charge on any atom is 0.275 e. The Balaban J connectivity index is 1.87. The number of nitrogens with one attached hydrogen (secondary N) is 1. The summed E-state index contributed by atoms with van der Waals surface area (Å²) in [7, 11) is 1.80. The van der Waals surface area contributed by atoms with E-state index in [1.54, 1.807) is 23.3 Å². The predicted octanol–water partition coefficient (Wildman–Crippen LogP) is 2.90. The molecule has 0 radical (unpaired) electrons. The van der Waals surface area contributed by atoms with Gasteiger partial charge in [-0.1, -0.05) is 18.2 Å². The highest BCUT2D eigenvalue weighted by Gasteiger charge is 2.18. The fraction of sp³-hybridized carbons (Fsp3) is 0.143. The van der Waals surface area contributed by atoms with Gasteiger partial charge in [0.05, 0.1) is 5.52 Å². The minimum atomic E-state index is -0.0661. The first-order chi connectivity index (χ1) is 9.25. The van der Waals surface area contributed by atoms with E-state index in [0.29, 0.717) is 12.2 Å². The van der Waals surface area contributed by atoms with Crippen LogP contribution < -0.4 is 0 Å². The molecule has 3 aromatic rings. The number of fused-ring (bicyclic) bond motifs is 1. The van der Waals surface area contributed by atoms with Crippen molar-refractivity contribution in [2.75, 3.05) is 7.05 Å². The standard InChI is InChI=1S/C14H13N3OS/c1-17(8-10-6-7-19-9-10)14(18)13-11-4-2-3-5-12(11)15-16-13/h2-7,9H,8H2,1H3,(H,15,16). The third-order valence-electron chi connectivity index (χ3n) is 3.02. The van der Waals surface area contributed by atoms with Gasteiger partial charge in [0, 0.05) is 19.0 Å². The number of thiophene rings is 1. The van der Waals surface area contributed by atoms with Crippen LogP contribution in [0.25, 0.3) is 10.9 Å². The number of benzene rings is 1. The molecule has 2 heterocycles. The van der Waals surface area contributed by atoms with Gasteiger partial charge in [-0.25, -0.2) is 0 Å². The van der Waals surface area contributed by atoms with Crippen LogP contribution >= 0.6 is 11.3 Å². The Bertz CT molecular complexity index is 702. The highest BCUT2D eigenvalue weighted by atomic mass is 32.1. The van der Waals surface area contributed by atoms with Crippen LogP contribution in [0.15, 0.2) is 41.1 Å². The maximum absolute atomic E-state index is 12.4. The highest BCUT2D eigenvalue weighted by molar-refractivity contribution is 7.07. The number of hydrogen-bond acceptors (Lipinski definition) is 3. The third kappa shape index (κ3) is 2.24. The maximum atomic E-state index is 12.4. The quantitative estimate of drug-likeness (QED) is 0.796. The van der Waals surface area contributed by atoms with E-state index in [2.05, 4.69) is 10.2 Å². The molecule has 3 rings (SSSR count). The number of nitrogens with zero attached hydrogens (tertiary/aromatic N) is 2. The summed E-state index contributed by atoms with van der Waals surface area (Å²) in [6, 6.07) is 9.68. The molecule has 0 aliphatic carbocycles. The number of H-pyrrole nitrogens is 1. The predicted molar refractivity (Wildman–Crippen MR) is 76.2 cm³/mol. The van der Waals surface area contributed by atoms with E-state index in [0.717, 1.165) is 16.5 Å².